The van der Waals surface area contributed by atoms with Crippen LogP contribution in [0.1, 0.15) is 0 Å². The van der Waals surface area contributed by atoms with Crippen LogP contribution in [0.15, 0.2) is 11.6 Å². The molecule has 0 aromatic rings. The lowest BCUT2D eigenvalue weighted by atomic mass is 10.2. The third-order valence-corrected chi connectivity index (χ3v) is 0.921. The summed E-state index contributed by atoms with van der Waals surface area (Å²) in [5.41, 5.74) is -2.13. The first-order chi connectivity index (χ1) is 5.41. The van der Waals surface area contributed by atoms with Crippen molar-refractivity contribution < 1.29 is 18.0 Å². The van der Waals surface area contributed by atoms with E-state index in [0.29, 0.717) is 6.08 Å². The van der Waals surface area contributed by atoms with Gasteiger partial charge in [-0.25, -0.2) is 0 Å². The molecule has 2 N–H and O–H groups in total. The first kappa shape index (κ1) is 10.5. The number of hydrogen-bond donors (Lipinski definition) is 2. The maximum absolute atomic E-state index is 11.8. The molecule has 0 saturated carbocycles. The van der Waals surface area contributed by atoms with Crippen LogP contribution >= 0.6 is 0 Å². The number of allylic oxidation sites excluding steroid dienone is 2. The van der Waals surface area contributed by atoms with E-state index >= 15 is 0 Å². The van der Waals surface area contributed by atoms with Crippen LogP contribution < -0.4 is 0 Å². The Labute approximate surface area is 65.9 Å². The smallest absolute Gasteiger partial charge is 0.308 e. The molecular formula is C6H5F3N2O. The van der Waals surface area contributed by atoms with Gasteiger partial charge in [0.2, 0.25) is 0 Å². The van der Waals surface area contributed by atoms with Gasteiger partial charge in [-0.1, -0.05) is 0 Å². The first-order valence-electron chi connectivity index (χ1n) is 2.75. The minimum absolute atomic E-state index is 0.0325. The van der Waals surface area contributed by atoms with Crippen LogP contribution in [0, 0.1) is 10.8 Å². The average Bonchev–Trinajstić information content (AvgIpc) is 1.97. The zero-order chi connectivity index (χ0) is 9.78. The molecule has 0 unspecified atom stereocenters. The zero-order valence-electron chi connectivity index (χ0n) is 5.77. The van der Waals surface area contributed by atoms with E-state index in [2.05, 4.69) is 0 Å². The Balaban J connectivity index is 4.78. The fourth-order valence-electron chi connectivity index (χ4n) is 0.407. The first-order valence-corrected chi connectivity index (χ1v) is 2.75. The van der Waals surface area contributed by atoms with E-state index in [1.54, 1.807) is 0 Å². The summed E-state index contributed by atoms with van der Waals surface area (Å²) in [6.45, 7) is 0. The third-order valence-electron chi connectivity index (χ3n) is 0.921. The summed E-state index contributed by atoms with van der Waals surface area (Å²) >= 11 is 0. The molecule has 66 valence electrons. The molecule has 0 atom stereocenters. The minimum Gasteiger partial charge on any atom is -0.308 e. The van der Waals surface area contributed by atoms with Crippen molar-refractivity contribution in [2.24, 2.45) is 0 Å². The normalized spacial score (nSPS) is 12.4. The molecule has 0 radical (unpaired) electrons. The quantitative estimate of drug-likeness (QED) is 0.497. The largest absolute Gasteiger partial charge is 0.417 e. The Morgan fingerprint density at radius 2 is 1.83 bits per heavy atom. The molecule has 0 rings (SSSR count). The lowest BCUT2D eigenvalue weighted by Crippen LogP contribution is -2.14. The van der Waals surface area contributed by atoms with E-state index in [9.17, 15) is 18.0 Å². The standard InChI is InChI=1S/C6H5F3N2O/c7-6(8,9)4(2-10)1-5(11)3-12/h1-3,10-11H/b4-1+,10-2?,11-5?. The molecular weight excluding hydrogens is 173 g/mol. The van der Waals surface area contributed by atoms with Crippen LogP contribution in [-0.4, -0.2) is 24.4 Å². The number of rotatable bonds is 3. The maximum atomic E-state index is 11.8. The molecule has 6 heteroatoms. The molecule has 0 bridgehead atoms. The van der Waals surface area contributed by atoms with Crippen LogP contribution in [0.4, 0.5) is 13.2 Å². The van der Waals surface area contributed by atoms with Gasteiger partial charge in [-0.05, 0) is 6.08 Å². The number of carbonyl (C=O) groups is 1. The number of halogens is 3. The van der Waals surface area contributed by atoms with Gasteiger partial charge < -0.3 is 5.41 Å². The van der Waals surface area contributed by atoms with E-state index in [4.69, 9.17) is 10.8 Å². The van der Waals surface area contributed by atoms with Crippen LogP contribution in [0.3, 0.4) is 0 Å². The fourth-order valence-corrected chi connectivity index (χ4v) is 0.407. The van der Waals surface area contributed by atoms with Gasteiger partial charge in [0.05, 0.1) is 11.3 Å². The number of nitrogens with one attached hydrogen (secondary N) is 2. The molecule has 0 aromatic carbocycles. The highest BCUT2D eigenvalue weighted by molar-refractivity contribution is 6.33. The molecule has 0 amide bonds. The summed E-state index contributed by atoms with van der Waals surface area (Å²) in [5.74, 6) is 0. The SMILES string of the molecule is N=C/C(=C\C(=N)C=O)C(F)(F)F. The van der Waals surface area contributed by atoms with Crippen LogP contribution in [0.5, 0.6) is 0 Å². The molecule has 0 spiro atoms. The van der Waals surface area contributed by atoms with E-state index in [1.165, 1.54) is 0 Å². The van der Waals surface area contributed by atoms with Crippen LogP contribution in [0.25, 0.3) is 0 Å². The van der Waals surface area contributed by atoms with Gasteiger partial charge in [-0.3, -0.25) is 10.2 Å². The molecule has 0 aliphatic carbocycles. The zero-order valence-corrected chi connectivity index (χ0v) is 5.77. The van der Waals surface area contributed by atoms with Crippen molar-refractivity contribution >= 4 is 18.2 Å². The van der Waals surface area contributed by atoms with Gasteiger partial charge in [0.25, 0.3) is 0 Å². The Bertz CT molecular complexity index is 242. The highest BCUT2D eigenvalue weighted by Gasteiger charge is 2.32. The molecule has 0 aliphatic rings. The number of aldehydes is 1. The van der Waals surface area contributed by atoms with Gasteiger partial charge in [0.15, 0.2) is 6.29 Å². The second-order valence-electron chi connectivity index (χ2n) is 1.81. The van der Waals surface area contributed by atoms with Crippen molar-refractivity contribution in [3.63, 3.8) is 0 Å². The molecule has 0 heterocycles. The third kappa shape index (κ3) is 3.09. The fraction of sp³-hybridized carbons (Fsp3) is 0.167. The number of hydrogen-bond acceptors (Lipinski definition) is 3. The summed E-state index contributed by atoms with van der Waals surface area (Å²) in [4.78, 5) is 9.77. The molecule has 0 saturated heterocycles. The Kier molecular flexibility index (Phi) is 3.33. The van der Waals surface area contributed by atoms with Gasteiger partial charge in [-0.2, -0.15) is 13.2 Å². The average molecular weight is 178 g/mol. The van der Waals surface area contributed by atoms with Crippen molar-refractivity contribution in [1.29, 1.82) is 10.8 Å². The van der Waals surface area contributed by atoms with E-state index in [0.717, 1.165) is 0 Å². The van der Waals surface area contributed by atoms with Crippen LogP contribution in [-0.2, 0) is 4.79 Å². The van der Waals surface area contributed by atoms with Crippen molar-refractivity contribution in [3.05, 3.63) is 11.6 Å². The van der Waals surface area contributed by atoms with Crippen molar-refractivity contribution in [2.75, 3.05) is 0 Å². The Morgan fingerprint density at radius 1 is 1.33 bits per heavy atom. The molecule has 12 heavy (non-hydrogen) atoms. The van der Waals surface area contributed by atoms with Crippen molar-refractivity contribution in [3.8, 4) is 0 Å². The molecule has 0 fully saturated rings. The maximum Gasteiger partial charge on any atom is 0.417 e. The minimum atomic E-state index is -4.68. The monoisotopic (exact) mass is 178 g/mol. The predicted octanol–water partition coefficient (Wildman–Crippen LogP) is 1.34. The summed E-state index contributed by atoms with van der Waals surface area (Å²) in [6, 6.07) is 0. The van der Waals surface area contributed by atoms with Gasteiger partial charge in [0, 0.05) is 6.21 Å². The highest BCUT2D eigenvalue weighted by atomic mass is 19.4. The van der Waals surface area contributed by atoms with Gasteiger partial charge >= 0.3 is 6.18 Å². The van der Waals surface area contributed by atoms with E-state index < -0.39 is 17.5 Å². The molecule has 0 aliphatic heterocycles. The summed E-state index contributed by atoms with van der Waals surface area (Å²) in [5, 5.41) is 13.0. The second kappa shape index (κ2) is 3.80. The Hall–Kier alpha value is -1.46. The highest BCUT2D eigenvalue weighted by Crippen LogP contribution is 2.23. The van der Waals surface area contributed by atoms with Gasteiger partial charge in [-0.15, -0.1) is 0 Å². The topological polar surface area (TPSA) is 64.8 Å². The summed E-state index contributed by atoms with van der Waals surface area (Å²) < 4.78 is 35.4. The second-order valence-corrected chi connectivity index (χ2v) is 1.81. The molecule has 3 nitrogen and oxygen atoms in total. The summed E-state index contributed by atoms with van der Waals surface area (Å²) in [6.07, 6.45) is -4.37. The van der Waals surface area contributed by atoms with Crippen LogP contribution in [0.2, 0.25) is 0 Å². The lowest BCUT2D eigenvalue weighted by molar-refractivity contribution is -0.102. The predicted molar refractivity (Wildman–Crippen MR) is 36.7 cm³/mol. The van der Waals surface area contributed by atoms with E-state index in [-0.39, 0.29) is 12.5 Å². The van der Waals surface area contributed by atoms with Crippen molar-refractivity contribution in [2.45, 2.75) is 6.18 Å². The molecule has 0 aromatic heterocycles. The number of alkyl halides is 3. The summed E-state index contributed by atoms with van der Waals surface area (Å²) in [7, 11) is 0. The Morgan fingerprint density at radius 3 is 2.08 bits per heavy atom. The van der Waals surface area contributed by atoms with E-state index in [1.807, 2.05) is 0 Å². The van der Waals surface area contributed by atoms with Gasteiger partial charge in [0.1, 0.15) is 0 Å². The van der Waals surface area contributed by atoms with Crippen molar-refractivity contribution in [1.82, 2.24) is 0 Å². The number of carbonyl (C=O) groups excluding carboxylic acids is 1. The lowest BCUT2D eigenvalue weighted by Gasteiger charge is -2.04.